The van der Waals surface area contributed by atoms with Gasteiger partial charge in [0.15, 0.2) is 11.5 Å². The minimum absolute atomic E-state index is 0.256. The highest BCUT2D eigenvalue weighted by atomic mass is 32.1. The highest BCUT2D eigenvalue weighted by Crippen LogP contribution is 2.36. The summed E-state index contributed by atoms with van der Waals surface area (Å²) in [5.74, 6) is 1.14. The molecule has 0 aromatic carbocycles. The van der Waals surface area contributed by atoms with Crippen LogP contribution in [0.5, 0.6) is 11.5 Å². The molecule has 0 bridgehead atoms. The number of hydrogen-bond donors (Lipinski definition) is 0. The zero-order valence-electron chi connectivity index (χ0n) is 10.5. The van der Waals surface area contributed by atoms with E-state index in [9.17, 15) is 4.79 Å². The van der Waals surface area contributed by atoms with Crippen LogP contribution in [-0.2, 0) is 9.53 Å². The first kappa shape index (κ1) is 13.0. The van der Waals surface area contributed by atoms with Crippen LogP contribution in [0.1, 0.15) is 13.8 Å². The molecule has 0 radical (unpaired) electrons. The monoisotopic (exact) mass is 268 g/mol. The maximum absolute atomic E-state index is 11.4. The summed E-state index contributed by atoms with van der Waals surface area (Å²) in [5.41, 5.74) is 0.0506. The molecule has 1 aliphatic rings. The molecule has 0 saturated heterocycles. The van der Waals surface area contributed by atoms with Gasteiger partial charge in [0, 0.05) is 16.3 Å². The number of carbonyl (C=O) groups excluding carboxylic acids is 1. The van der Waals surface area contributed by atoms with E-state index in [1.807, 2.05) is 17.7 Å². The average molecular weight is 268 g/mol. The fourth-order valence-electron chi connectivity index (χ4n) is 1.48. The smallest absolute Gasteiger partial charge is 0.333 e. The molecular formula is C13H16O4S. The van der Waals surface area contributed by atoms with Crippen molar-refractivity contribution in [2.24, 2.45) is 5.41 Å². The number of ether oxygens (including phenoxy) is 3. The molecule has 98 valence electrons. The Hall–Kier alpha value is -1.49. The summed E-state index contributed by atoms with van der Waals surface area (Å²) in [5, 5.41) is 3.81. The van der Waals surface area contributed by atoms with E-state index >= 15 is 0 Å². The van der Waals surface area contributed by atoms with E-state index in [0.717, 1.165) is 11.5 Å². The Labute approximate surface area is 110 Å². The molecule has 1 aromatic heterocycles. The Balaban J connectivity index is 1.95. The van der Waals surface area contributed by atoms with E-state index in [1.54, 1.807) is 6.92 Å². The second kappa shape index (κ2) is 5.02. The standard InChI is InChI=1S/C13H16O4S/c1-9(2)12(14)17-8-13(3)6-15-10-4-18-5-11(10)16-7-13/h4-5H,1,6-8H2,2-3H3. The van der Waals surface area contributed by atoms with Crippen LogP contribution < -0.4 is 9.47 Å². The fourth-order valence-corrected chi connectivity index (χ4v) is 2.16. The third-order valence-corrected chi connectivity index (χ3v) is 3.35. The van der Waals surface area contributed by atoms with Gasteiger partial charge in [-0.15, -0.1) is 11.3 Å². The first-order valence-electron chi connectivity index (χ1n) is 5.65. The minimum Gasteiger partial charge on any atom is -0.488 e. The lowest BCUT2D eigenvalue weighted by molar-refractivity contribution is -0.143. The molecule has 0 N–H and O–H groups in total. The molecule has 0 amide bonds. The van der Waals surface area contributed by atoms with Crippen molar-refractivity contribution >= 4 is 17.3 Å². The van der Waals surface area contributed by atoms with Gasteiger partial charge in [-0.05, 0) is 13.8 Å². The number of esters is 1. The lowest BCUT2D eigenvalue weighted by Crippen LogP contribution is -2.36. The molecule has 0 unspecified atom stereocenters. The maximum Gasteiger partial charge on any atom is 0.333 e. The molecule has 1 aliphatic heterocycles. The van der Waals surface area contributed by atoms with Gasteiger partial charge in [-0.25, -0.2) is 4.79 Å². The minimum atomic E-state index is -0.380. The summed E-state index contributed by atoms with van der Waals surface area (Å²) in [7, 11) is 0. The van der Waals surface area contributed by atoms with Gasteiger partial charge in [0.25, 0.3) is 0 Å². The van der Waals surface area contributed by atoms with Crippen LogP contribution in [0.15, 0.2) is 22.9 Å². The zero-order chi connectivity index (χ0) is 13.2. The van der Waals surface area contributed by atoms with Crippen molar-refractivity contribution < 1.29 is 19.0 Å². The van der Waals surface area contributed by atoms with Gasteiger partial charge in [0.1, 0.15) is 19.8 Å². The van der Waals surface area contributed by atoms with Gasteiger partial charge in [0.2, 0.25) is 0 Å². The van der Waals surface area contributed by atoms with Crippen molar-refractivity contribution in [2.75, 3.05) is 19.8 Å². The van der Waals surface area contributed by atoms with Gasteiger partial charge in [-0.2, -0.15) is 0 Å². The van der Waals surface area contributed by atoms with Crippen molar-refractivity contribution in [3.05, 3.63) is 22.9 Å². The zero-order valence-corrected chi connectivity index (χ0v) is 11.3. The van der Waals surface area contributed by atoms with Gasteiger partial charge in [-0.3, -0.25) is 0 Å². The average Bonchev–Trinajstić information content (AvgIpc) is 2.73. The number of fused-ring (bicyclic) bond motifs is 1. The van der Waals surface area contributed by atoms with E-state index in [-0.39, 0.29) is 18.0 Å². The van der Waals surface area contributed by atoms with E-state index in [0.29, 0.717) is 18.8 Å². The second-order valence-corrected chi connectivity index (χ2v) is 5.59. The summed E-state index contributed by atoms with van der Waals surface area (Å²) in [6.07, 6.45) is 0. The van der Waals surface area contributed by atoms with E-state index in [1.165, 1.54) is 11.3 Å². The van der Waals surface area contributed by atoms with Crippen LogP contribution >= 0.6 is 11.3 Å². The van der Waals surface area contributed by atoms with E-state index in [2.05, 4.69) is 6.58 Å². The molecule has 2 heterocycles. The molecule has 0 saturated carbocycles. The Bertz CT molecular complexity index is 441. The Morgan fingerprint density at radius 1 is 1.44 bits per heavy atom. The van der Waals surface area contributed by atoms with Gasteiger partial charge in [-0.1, -0.05) is 6.58 Å². The lowest BCUT2D eigenvalue weighted by atomic mass is 9.94. The fraction of sp³-hybridized carbons (Fsp3) is 0.462. The lowest BCUT2D eigenvalue weighted by Gasteiger charge is -2.25. The Kier molecular flexibility index (Phi) is 3.61. The SMILES string of the molecule is C=C(C)C(=O)OCC1(C)COc2cscc2OC1. The summed E-state index contributed by atoms with van der Waals surface area (Å²) < 4.78 is 16.5. The van der Waals surface area contributed by atoms with Crippen LogP contribution in [0.2, 0.25) is 0 Å². The number of thiophene rings is 1. The quantitative estimate of drug-likeness (QED) is 0.624. The molecule has 0 spiro atoms. The van der Waals surface area contributed by atoms with Crippen LogP contribution in [0.4, 0.5) is 0 Å². The third-order valence-electron chi connectivity index (χ3n) is 2.65. The molecule has 5 heteroatoms. The predicted octanol–water partition coefficient (Wildman–Crippen LogP) is 2.64. The molecule has 0 aliphatic carbocycles. The van der Waals surface area contributed by atoms with Crippen molar-refractivity contribution in [2.45, 2.75) is 13.8 Å². The van der Waals surface area contributed by atoms with Gasteiger partial charge in [0.05, 0.1) is 5.41 Å². The predicted molar refractivity (Wildman–Crippen MR) is 69.2 cm³/mol. The molecule has 0 fully saturated rings. The number of carbonyl (C=O) groups is 1. The first-order valence-corrected chi connectivity index (χ1v) is 6.59. The summed E-state index contributed by atoms with van der Waals surface area (Å²) in [4.78, 5) is 11.4. The highest BCUT2D eigenvalue weighted by molar-refractivity contribution is 7.08. The third kappa shape index (κ3) is 2.85. The summed E-state index contributed by atoms with van der Waals surface area (Å²) >= 11 is 1.54. The van der Waals surface area contributed by atoms with Crippen LogP contribution in [0.25, 0.3) is 0 Å². The largest absolute Gasteiger partial charge is 0.488 e. The van der Waals surface area contributed by atoms with Crippen molar-refractivity contribution in [1.82, 2.24) is 0 Å². The van der Waals surface area contributed by atoms with E-state index < -0.39 is 0 Å². The Morgan fingerprint density at radius 3 is 2.50 bits per heavy atom. The molecule has 1 aromatic rings. The molecule has 18 heavy (non-hydrogen) atoms. The van der Waals surface area contributed by atoms with Gasteiger partial charge >= 0.3 is 5.97 Å². The topological polar surface area (TPSA) is 44.8 Å². The number of hydrogen-bond acceptors (Lipinski definition) is 5. The summed E-state index contributed by atoms with van der Waals surface area (Å²) in [6, 6.07) is 0. The van der Waals surface area contributed by atoms with Gasteiger partial charge < -0.3 is 14.2 Å². The van der Waals surface area contributed by atoms with Crippen molar-refractivity contribution in [3.63, 3.8) is 0 Å². The van der Waals surface area contributed by atoms with Crippen LogP contribution in [-0.4, -0.2) is 25.8 Å². The van der Waals surface area contributed by atoms with Crippen LogP contribution in [0.3, 0.4) is 0 Å². The normalized spacial score (nSPS) is 16.8. The van der Waals surface area contributed by atoms with E-state index in [4.69, 9.17) is 14.2 Å². The van der Waals surface area contributed by atoms with Crippen LogP contribution in [0, 0.1) is 5.41 Å². The first-order chi connectivity index (χ1) is 8.50. The summed E-state index contributed by atoms with van der Waals surface area (Å²) in [6.45, 7) is 8.32. The molecule has 2 rings (SSSR count). The molecule has 4 nitrogen and oxygen atoms in total. The maximum atomic E-state index is 11.4. The second-order valence-electron chi connectivity index (χ2n) is 4.84. The highest BCUT2D eigenvalue weighted by Gasteiger charge is 2.32. The molecular weight excluding hydrogens is 252 g/mol. The Morgan fingerprint density at radius 2 is 2.00 bits per heavy atom. The van der Waals surface area contributed by atoms with Crippen molar-refractivity contribution in [3.8, 4) is 11.5 Å². The molecule has 0 atom stereocenters. The van der Waals surface area contributed by atoms with Crippen molar-refractivity contribution in [1.29, 1.82) is 0 Å². The number of rotatable bonds is 3.